The summed E-state index contributed by atoms with van der Waals surface area (Å²) in [6.07, 6.45) is 2.28. The molecule has 0 saturated carbocycles. The van der Waals surface area contributed by atoms with Gasteiger partial charge in [0.25, 0.3) is 0 Å². The van der Waals surface area contributed by atoms with Crippen LogP contribution in [0.25, 0.3) is 0 Å². The lowest BCUT2D eigenvalue weighted by atomic mass is 10.1. The molecular weight excluding hydrogens is 499 g/mol. The van der Waals surface area contributed by atoms with Crippen molar-refractivity contribution in [2.45, 2.75) is 37.0 Å². The van der Waals surface area contributed by atoms with Crippen molar-refractivity contribution in [3.05, 3.63) is 76.3 Å². The molecule has 0 radical (unpaired) electrons. The highest BCUT2D eigenvalue weighted by atomic mass is 35.5. The summed E-state index contributed by atoms with van der Waals surface area (Å²) in [4.78, 5) is 35.0. The molecule has 0 atom stereocenters. The molecule has 0 unspecified atom stereocenters. The van der Waals surface area contributed by atoms with Crippen LogP contribution in [0.4, 0.5) is 11.4 Å². The molecule has 11 heteroatoms. The van der Waals surface area contributed by atoms with Gasteiger partial charge in [0, 0.05) is 18.1 Å². The van der Waals surface area contributed by atoms with Crippen molar-refractivity contribution >= 4 is 56.1 Å². The zero-order valence-corrected chi connectivity index (χ0v) is 20.7. The highest BCUT2D eigenvalue weighted by Gasteiger charge is 2.25. The minimum atomic E-state index is -3.60. The monoisotopic (exact) mass is 520 g/mol. The Balaban J connectivity index is 2.02. The van der Waals surface area contributed by atoms with Gasteiger partial charge in [-0.25, -0.2) is 18.4 Å². The fourth-order valence-electron chi connectivity index (χ4n) is 3.09. The average molecular weight is 521 g/mol. The van der Waals surface area contributed by atoms with E-state index >= 15 is 0 Å². The van der Waals surface area contributed by atoms with Crippen molar-refractivity contribution in [3.8, 4) is 0 Å². The van der Waals surface area contributed by atoms with E-state index < -0.39 is 33.2 Å². The molecule has 0 spiro atoms. The lowest BCUT2D eigenvalue weighted by Crippen LogP contribution is -2.32. The Morgan fingerprint density at radius 3 is 2.24 bits per heavy atom. The second-order valence-electron chi connectivity index (χ2n) is 7.72. The SMILES string of the molecule is CC(C)S(=O)(=O)c1cccc(N(Cc2cc(Cl)c(N)c(Cl)c2)C(=O)CC(=O)c2ncccn2)c1. The molecule has 0 fully saturated rings. The third kappa shape index (κ3) is 5.72. The van der Waals surface area contributed by atoms with Crippen molar-refractivity contribution in [1.29, 1.82) is 0 Å². The largest absolute Gasteiger partial charge is 0.396 e. The number of rotatable bonds is 8. The fraction of sp³-hybridized carbons (Fsp3) is 0.217. The van der Waals surface area contributed by atoms with Gasteiger partial charge in [0.15, 0.2) is 15.7 Å². The second kappa shape index (κ2) is 10.5. The van der Waals surface area contributed by atoms with Gasteiger partial charge in [-0.3, -0.25) is 9.59 Å². The van der Waals surface area contributed by atoms with Crippen LogP contribution in [0.5, 0.6) is 0 Å². The van der Waals surface area contributed by atoms with Gasteiger partial charge >= 0.3 is 0 Å². The Morgan fingerprint density at radius 2 is 1.65 bits per heavy atom. The van der Waals surface area contributed by atoms with E-state index in [-0.39, 0.29) is 38.7 Å². The van der Waals surface area contributed by atoms with Crippen LogP contribution in [0.1, 0.15) is 36.5 Å². The van der Waals surface area contributed by atoms with Crippen molar-refractivity contribution in [3.63, 3.8) is 0 Å². The standard InChI is InChI=1S/C23H22Cl2N4O4S/c1-14(2)34(32,33)17-6-3-5-16(11-17)29(13-15-9-18(24)22(26)19(25)10-15)21(31)12-20(30)23-27-7-4-8-28-23/h3-11,14H,12-13,26H2,1-2H3. The number of nitrogen functional groups attached to an aromatic ring is 1. The first-order chi connectivity index (χ1) is 16.0. The number of ketones is 1. The highest BCUT2D eigenvalue weighted by Crippen LogP contribution is 2.31. The molecule has 0 aliphatic carbocycles. The molecule has 3 rings (SSSR count). The van der Waals surface area contributed by atoms with Gasteiger partial charge in [0.2, 0.25) is 11.7 Å². The number of carbonyl (C=O) groups excluding carboxylic acids is 2. The minimum absolute atomic E-state index is 0.0351. The fourth-order valence-corrected chi connectivity index (χ4v) is 4.72. The summed E-state index contributed by atoms with van der Waals surface area (Å²) >= 11 is 12.3. The van der Waals surface area contributed by atoms with Gasteiger partial charge in [-0.05, 0) is 55.8 Å². The molecule has 178 valence electrons. The van der Waals surface area contributed by atoms with Crippen LogP contribution < -0.4 is 10.6 Å². The van der Waals surface area contributed by atoms with E-state index in [9.17, 15) is 18.0 Å². The molecule has 0 aliphatic heterocycles. The molecule has 2 N–H and O–H groups in total. The molecule has 1 aromatic heterocycles. The van der Waals surface area contributed by atoms with Gasteiger partial charge in [-0.2, -0.15) is 0 Å². The first kappa shape index (κ1) is 25.6. The molecular formula is C23H22Cl2N4O4S. The van der Waals surface area contributed by atoms with Crippen LogP contribution in [0.3, 0.4) is 0 Å². The number of benzene rings is 2. The van der Waals surface area contributed by atoms with Crippen LogP contribution in [-0.2, 0) is 21.2 Å². The summed E-state index contributed by atoms with van der Waals surface area (Å²) in [6, 6.07) is 10.6. The molecule has 2 aromatic carbocycles. The summed E-state index contributed by atoms with van der Waals surface area (Å²) in [5, 5.41) is -0.238. The molecule has 1 heterocycles. The van der Waals surface area contributed by atoms with Gasteiger partial charge in [-0.1, -0.05) is 29.3 Å². The number of halogens is 2. The third-order valence-corrected chi connectivity index (χ3v) is 7.76. The van der Waals surface area contributed by atoms with Gasteiger partial charge < -0.3 is 10.6 Å². The Hall–Kier alpha value is -3.01. The number of sulfone groups is 1. The van der Waals surface area contributed by atoms with E-state index in [2.05, 4.69) is 9.97 Å². The third-order valence-electron chi connectivity index (χ3n) is 4.99. The van der Waals surface area contributed by atoms with E-state index in [0.29, 0.717) is 5.56 Å². The number of Topliss-reactive ketones (excluding diaryl/α,β-unsaturated/α-hetero) is 1. The van der Waals surface area contributed by atoms with Gasteiger partial charge in [0.05, 0.1) is 38.8 Å². The molecule has 8 nitrogen and oxygen atoms in total. The highest BCUT2D eigenvalue weighted by molar-refractivity contribution is 7.92. The Labute approximate surface area is 207 Å². The van der Waals surface area contributed by atoms with E-state index in [1.54, 1.807) is 38.1 Å². The molecule has 0 saturated heterocycles. The smallest absolute Gasteiger partial charge is 0.235 e. The maximum absolute atomic E-state index is 13.3. The number of carbonyl (C=O) groups is 2. The van der Waals surface area contributed by atoms with Crippen molar-refractivity contribution in [1.82, 2.24) is 9.97 Å². The van der Waals surface area contributed by atoms with Crippen LogP contribution >= 0.6 is 23.2 Å². The van der Waals surface area contributed by atoms with E-state index in [0.717, 1.165) is 0 Å². The summed E-state index contributed by atoms with van der Waals surface area (Å²) in [5.74, 6) is -1.25. The van der Waals surface area contributed by atoms with E-state index in [1.807, 2.05) is 0 Å². The summed E-state index contributed by atoms with van der Waals surface area (Å²) in [6.45, 7) is 3.11. The maximum Gasteiger partial charge on any atom is 0.235 e. The Kier molecular flexibility index (Phi) is 7.91. The summed E-state index contributed by atoms with van der Waals surface area (Å²) in [5.41, 5.74) is 6.84. The average Bonchev–Trinajstić information content (AvgIpc) is 2.81. The van der Waals surface area contributed by atoms with Gasteiger partial charge in [0.1, 0.15) is 0 Å². The van der Waals surface area contributed by atoms with E-state index in [1.165, 1.54) is 35.5 Å². The summed E-state index contributed by atoms with van der Waals surface area (Å²) < 4.78 is 25.4. The lowest BCUT2D eigenvalue weighted by molar-refractivity contribution is -0.117. The maximum atomic E-state index is 13.3. The van der Waals surface area contributed by atoms with Crippen LogP contribution in [0.2, 0.25) is 10.0 Å². The van der Waals surface area contributed by atoms with Gasteiger partial charge in [-0.15, -0.1) is 0 Å². The molecule has 34 heavy (non-hydrogen) atoms. The first-order valence-corrected chi connectivity index (χ1v) is 12.5. The number of amides is 1. The number of nitrogens with two attached hydrogens (primary N) is 1. The number of hydrogen-bond acceptors (Lipinski definition) is 7. The normalized spacial score (nSPS) is 11.4. The Morgan fingerprint density at radius 1 is 1.03 bits per heavy atom. The topological polar surface area (TPSA) is 123 Å². The number of aromatic nitrogens is 2. The number of nitrogens with zero attached hydrogens (tertiary/aromatic N) is 3. The number of anilines is 2. The molecule has 0 aliphatic rings. The molecule has 1 amide bonds. The number of hydrogen-bond donors (Lipinski definition) is 1. The molecule has 3 aromatic rings. The first-order valence-electron chi connectivity index (χ1n) is 10.2. The van der Waals surface area contributed by atoms with Crippen LogP contribution in [-0.4, -0.2) is 35.3 Å². The van der Waals surface area contributed by atoms with Crippen molar-refractivity contribution in [2.75, 3.05) is 10.6 Å². The van der Waals surface area contributed by atoms with Crippen LogP contribution in [0.15, 0.2) is 59.8 Å². The quantitative estimate of drug-likeness (QED) is 0.266. The second-order valence-corrected chi connectivity index (χ2v) is 11.0. The van der Waals surface area contributed by atoms with Crippen molar-refractivity contribution < 1.29 is 18.0 Å². The lowest BCUT2D eigenvalue weighted by Gasteiger charge is -2.24. The zero-order chi connectivity index (χ0) is 25.0. The molecule has 0 bridgehead atoms. The zero-order valence-electron chi connectivity index (χ0n) is 18.4. The van der Waals surface area contributed by atoms with E-state index in [4.69, 9.17) is 28.9 Å². The summed E-state index contributed by atoms with van der Waals surface area (Å²) in [7, 11) is -3.60. The van der Waals surface area contributed by atoms with Crippen molar-refractivity contribution in [2.24, 2.45) is 0 Å². The van der Waals surface area contributed by atoms with Crippen LogP contribution in [0, 0.1) is 0 Å². The predicted molar refractivity (Wildman–Crippen MR) is 132 cm³/mol. The predicted octanol–water partition coefficient (Wildman–Crippen LogP) is 4.35. The Bertz CT molecular complexity index is 1310. The minimum Gasteiger partial charge on any atom is -0.396 e.